The van der Waals surface area contributed by atoms with Gasteiger partial charge >= 0.3 is 12.1 Å². The molecule has 2 aromatic carbocycles. The molecular weight excluding hydrogens is 523 g/mol. The molecule has 1 atom stereocenters. The fourth-order valence-corrected chi connectivity index (χ4v) is 3.60. The number of fused-ring (bicyclic) bond motifs is 2. The van der Waals surface area contributed by atoms with Crippen molar-refractivity contribution in [3.05, 3.63) is 48.9 Å². The van der Waals surface area contributed by atoms with Crippen molar-refractivity contribution in [1.29, 1.82) is 0 Å². The van der Waals surface area contributed by atoms with Gasteiger partial charge < -0.3 is 19.1 Å². The number of carbonyl (C=O) groups excluding carboxylic acids is 2. The van der Waals surface area contributed by atoms with E-state index < -0.39 is 17.6 Å². The lowest BCUT2D eigenvalue weighted by molar-refractivity contribution is -0.143. The summed E-state index contributed by atoms with van der Waals surface area (Å²) in [5.74, 6) is 0.642. The second kappa shape index (κ2) is 10.4. The highest BCUT2D eigenvalue weighted by Gasteiger charge is 2.26. The molecule has 0 saturated heterocycles. The Labute approximate surface area is 202 Å². The topological polar surface area (TPSA) is 65.1 Å². The molecular formula is C18H13Cl6NO5. The molecule has 0 fully saturated rings. The van der Waals surface area contributed by atoms with E-state index >= 15 is 0 Å². The SMILES string of the molecule is CC(=O)OC(Cl)c1c(OC(=O)N(C)C)cc(Cl)c(Cl)c1Cl.Clc1ccc2c(Cl)c1O2. The first-order valence-corrected chi connectivity index (χ1v) is 10.3. The highest BCUT2D eigenvalue weighted by atomic mass is 35.5. The Balaban J connectivity index is 0.000000290. The van der Waals surface area contributed by atoms with Crippen LogP contribution in [0.4, 0.5) is 4.79 Å². The third-order valence-electron chi connectivity index (χ3n) is 3.45. The van der Waals surface area contributed by atoms with Crippen LogP contribution in [0.1, 0.15) is 18.1 Å². The molecule has 0 aliphatic carbocycles. The summed E-state index contributed by atoms with van der Waals surface area (Å²) in [5, 5.41) is 1.24. The Kier molecular flexibility index (Phi) is 8.62. The summed E-state index contributed by atoms with van der Waals surface area (Å²) in [4.78, 5) is 23.8. The van der Waals surface area contributed by atoms with Crippen LogP contribution >= 0.6 is 69.6 Å². The van der Waals surface area contributed by atoms with Gasteiger partial charge in [-0.2, -0.15) is 0 Å². The van der Waals surface area contributed by atoms with Gasteiger partial charge in [0.25, 0.3) is 0 Å². The number of hydrogen-bond acceptors (Lipinski definition) is 5. The molecule has 2 aliphatic heterocycles. The average molecular weight is 536 g/mol. The molecule has 6 nitrogen and oxygen atoms in total. The molecule has 0 N–H and O–H groups in total. The van der Waals surface area contributed by atoms with E-state index in [1.165, 1.54) is 32.0 Å². The number of hydrogen-bond donors (Lipinski definition) is 0. The first-order chi connectivity index (χ1) is 13.9. The first kappa shape index (κ1) is 25.0. The lowest BCUT2D eigenvalue weighted by Gasteiger charge is -2.20. The number of benzene rings is 2. The van der Waals surface area contributed by atoms with E-state index in [9.17, 15) is 9.59 Å². The van der Waals surface area contributed by atoms with Crippen molar-refractivity contribution < 1.29 is 23.8 Å². The average Bonchev–Trinajstić information content (AvgIpc) is 2.65. The molecule has 0 radical (unpaired) electrons. The number of carbonyl (C=O) groups is 2. The number of alkyl halides is 1. The lowest BCUT2D eigenvalue weighted by atomic mass is 10.2. The molecule has 2 bridgehead atoms. The summed E-state index contributed by atoms with van der Waals surface area (Å²) in [6.07, 6.45) is -0.683. The van der Waals surface area contributed by atoms with Crippen molar-refractivity contribution in [2.24, 2.45) is 0 Å². The Morgan fingerprint density at radius 2 is 1.63 bits per heavy atom. The quantitative estimate of drug-likeness (QED) is 0.196. The van der Waals surface area contributed by atoms with Gasteiger partial charge in [0.2, 0.25) is 5.56 Å². The minimum atomic E-state index is -1.28. The molecule has 2 aliphatic rings. The second-order valence-corrected chi connectivity index (χ2v) is 8.22. The molecule has 0 spiro atoms. The zero-order valence-corrected chi connectivity index (χ0v) is 20.1. The van der Waals surface area contributed by atoms with Crippen LogP contribution in [0.3, 0.4) is 0 Å². The Morgan fingerprint density at radius 1 is 1.00 bits per heavy atom. The normalized spacial score (nSPS) is 11.9. The third kappa shape index (κ3) is 5.69. The summed E-state index contributed by atoms with van der Waals surface area (Å²) in [6, 6.07) is 4.78. The second-order valence-electron chi connectivity index (χ2n) is 5.88. The summed E-state index contributed by atoms with van der Waals surface area (Å²) in [7, 11) is 2.98. The van der Waals surface area contributed by atoms with E-state index in [4.69, 9.17) is 83.8 Å². The van der Waals surface area contributed by atoms with Crippen LogP contribution in [0.15, 0.2) is 18.2 Å². The first-order valence-electron chi connectivity index (χ1n) is 7.97. The Hall–Kier alpha value is -1.28. The molecule has 0 aromatic heterocycles. The fraction of sp³-hybridized carbons (Fsp3) is 0.222. The van der Waals surface area contributed by atoms with Gasteiger partial charge in [-0.1, -0.05) is 69.6 Å². The smallest absolute Gasteiger partial charge is 0.414 e. The zero-order chi connectivity index (χ0) is 22.7. The maximum absolute atomic E-state index is 11.7. The fourth-order valence-electron chi connectivity index (χ4n) is 2.02. The van der Waals surface area contributed by atoms with Crippen LogP contribution in [0, 0.1) is 0 Å². The highest BCUT2D eigenvalue weighted by Crippen LogP contribution is 2.50. The minimum absolute atomic E-state index is 0.00999. The number of rotatable bonds is 3. The number of nitrogens with zero attached hydrogens (tertiary/aromatic N) is 1. The molecule has 162 valence electrons. The summed E-state index contributed by atoms with van der Waals surface area (Å²) < 4.78 is 14.9. The van der Waals surface area contributed by atoms with E-state index in [1.807, 2.05) is 0 Å². The lowest BCUT2D eigenvalue weighted by Crippen LogP contribution is -2.26. The molecule has 12 heteroatoms. The summed E-state index contributed by atoms with van der Waals surface area (Å²) in [6.45, 7) is 1.17. The van der Waals surface area contributed by atoms with Crippen molar-refractivity contribution in [3.8, 4) is 17.2 Å². The van der Waals surface area contributed by atoms with E-state index in [1.54, 1.807) is 12.1 Å². The molecule has 30 heavy (non-hydrogen) atoms. The minimum Gasteiger partial charge on any atom is -0.452 e. The zero-order valence-electron chi connectivity index (χ0n) is 15.6. The van der Waals surface area contributed by atoms with E-state index in [-0.39, 0.29) is 26.4 Å². The molecule has 2 heterocycles. The largest absolute Gasteiger partial charge is 0.452 e. The molecule has 1 unspecified atom stereocenters. The molecule has 2 aromatic rings. The van der Waals surface area contributed by atoms with E-state index in [0.717, 1.165) is 5.75 Å². The van der Waals surface area contributed by atoms with Gasteiger partial charge in [0.05, 0.1) is 25.7 Å². The number of ether oxygens (including phenoxy) is 3. The van der Waals surface area contributed by atoms with Crippen molar-refractivity contribution in [2.45, 2.75) is 12.5 Å². The van der Waals surface area contributed by atoms with Gasteiger partial charge in [0, 0.05) is 27.1 Å². The maximum atomic E-state index is 11.7. The predicted octanol–water partition coefficient (Wildman–Crippen LogP) is 7.61. The van der Waals surface area contributed by atoms with E-state index in [0.29, 0.717) is 15.8 Å². The molecule has 4 rings (SSSR count). The molecule has 0 saturated carbocycles. The predicted molar refractivity (Wildman–Crippen MR) is 118 cm³/mol. The van der Waals surface area contributed by atoms with Gasteiger partial charge in [-0.25, -0.2) is 4.79 Å². The number of esters is 1. The van der Waals surface area contributed by atoms with Crippen LogP contribution in [0.25, 0.3) is 0 Å². The monoisotopic (exact) mass is 533 g/mol. The Morgan fingerprint density at radius 3 is 2.07 bits per heavy atom. The van der Waals surface area contributed by atoms with Crippen LogP contribution in [0.5, 0.6) is 17.2 Å². The van der Waals surface area contributed by atoms with Crippen molar-refractivity contribution in [1.82, 2.24) is 4.90 Å². The third-order valence-corrected chi connectivity index (χ3v) is 5.69. The van der Waals surface area contributed by atoms with Gasteiger partial charge in [0.15, 0.2) is 5.75 Å². The van der Waals surface area contributed by atoms with Crippen molar-refractivity contribution in [2.75, 3.05) is 14.1 Å². The van der Waals surface area contributed by atoms with Gasteiger partial charge in [-0.15, -0.1) is 0 Å². The summed E-state index contributed by atoms with van der Waals surface area (Å²) in [5.41, 5.74) is -1.24. The van der Waals surface area contributed by atoms with E-state index in [2.05, 4.69) is 0 Å². The van der Waals surface area contributed by atoms with Crippen LogP contribution in [-0.2, 0) is 9.53 Å². The van der Waals surface area contributed by atoms with Crippen LogP contribution in [-0.4, -0.2) is 31.1 Å². The highest BCUT2D eigenvalue weighted by molar-refractivity contribution is 6.48. The standard InChI is InChI=1S/C12H11Cl4NO4.C6H2Cl2O/c1-5(18)20-11(16)8-7(21-12(19)17(2)3)4-6(13)9(14)10(8)15;7-3-1-2-4-5(8)6(3)9-4/h4,11H,1-3H3;1-2H. The van der Waals surface area contributed by atoms with Crippen molar-refractivity contribution >= 4 is 81.7 Å². The van der Waals surface area contributed by atoms with Gasteiger partial charge in [-0.05, 0) is 12.1 Å². The molecule has 1 amide bonds. The van der Waals surface area contributed by atoms with Crippen LogP contribution < -0.4 is 9.47 Å². The maximum Gasteiger partial charge on any atom is 0.414 e. The Bertz CT molecular complexity index is 991. The summed E-state index contributed by atoms with van der Waals surface area (Å²) >= 11 is 35.1. The number of halogens is 6. The van der Waals surface area contributed by atoms with Gasteiger partial charge in [-0.3, -0.25) is 4.79 Å². The van der Waals surface area contributed by atoms with Crippen LogP contribution in [0.2, 0.25) is 25.1 Å². The van der Waals surface area contributed by atoms with Gasteiger partial charge in [0.1, 0.15) is 16.5 Å². The number of amides is 1. The van der Waals surface area contributed by atoms with Crippen molar-refractivity contribution in [3.63, 3.8) is 0 Å².